The van der Waals surface area contributed by atoms with Gasteiger partial charge in [0.25, 0.3) is 15.9 Å². The van der Waals surface area contributed by atoms with Crippen LogP contribution in [0.4, 0.5) is 15.9 Å². The number of aromatic nitrogens is 1. The van der Waals surface area contributed by atoms with Crippen LogP contribution < -0.4 is 10.0 Å². The average molecular weight is 375 g/mol. The first kappa shape index (κ1) is 17.6. The van der Waals surface area contributed by atoms with Gasteiger partial charge in [-0.1, -0.05) is 5.16 Å². The first-order valence-corrected chi connectivity index (χ1v) is 8.95. The van der Waals surface area contributed by atoms with E-state index in [9.17, 15) is 17.6 Å². The maximum atomic E-state index is 12.9. The molecule has 3 aromatic rings. The summed E-state index contributed by atoms with van der Waals surface area (Å²) in [6.07, 6.45) is 0. The second-order valence-electron chi connectivity index (χ2n) is 5.41. The van der Waals surface area contributed by atoms with E-state index in [2.05, 4.69) is 15.2 Å². The van der Waals surface area contributed by atoms with Crippen molar-refractivity contribution >= 4 is 27.4 Å². The van der Waals surface area contributed by atoms with E-state index in [0.29, 0.717) is 11.3 Å². The molecule has 0 atom stereocenters. The number of rotatable bonds is 5. The number of halogens is 1. The van der Waals surface area contributed by atoms with Gasteiger partial charge in [-0.15, -0.1) is 0 Å². The highest BCUT2D eigenvalue weighted by atomic mass is 32.2. The Kier molecular flexibility index (Phi) is 4.72. The molecule has 0 unspecified atom stereocenters. The SMILES string of the molecule is Cc1cc(NC(=O)c2ccc(NS(=O)(=O)c3ccc(F)cc3)cc2)no1. The average Bonchev–Trinajstić information content (AvgIpc) is 3.00. The standard InChI is InChI=1S/C17H14FN3O4S/c1-11-10-16(20-25-11)19-17(22)12-2-6-14(7-3-12)21-26(23,24)15-8-4-13(18)5-9-15/h2-10,21H,1H3,(H,19,20,22). The van der Waals surface area contributed by atoms with E-state index in [0.717, 1.165) is 12.1 Å². The predicted molar refractivity (Wildman–Crippen MR) is 92.8 cm³/mol. The van der Waals surface area contributed by atoms with Gasteiger partial charge in [-0.25, -0.2) is 12.8 Å². The quantitative estimate of drug-likeness (QED) is 0.713. The zero-order valence-corrected chi connectivity index (χ0v) is 14.4. The summed E-state index contributed by atoms with van der Waals surface area (Å²) in [5, 5.41) is 6.22. The summed E-state index contributed by atoms with van der Waals surface area (Å²) >= 11 is 0. The van der Waals surface area contributed by atoms with Crippen LogP contribution in [0.3, 0.4) is 0 Å². The van der Waals surface area contributed by atoms with Crippen molar-refractivity contribution in [1.82, 2.24) is 5.16 Å². The van der Waals surface area contributed by atoms with Crippen molar-refractivity contribution in [2.24, 2.45) is 0 Å². The Balaban J connectivity index is 1.71. The monoisotopic (exact) mass is 375 g/mol. The molecule has 0 aliphatic heterocycles. The topological polar surface area (TPSA) is 101 Å². The summed E-state index contributed by atoms with van der Waals surface area (Å²) in [5.74, 6) is -0.0905. The Bertz CT molecular complexity index is 1030. The molecule has 0 fully saturated rings. The Morgan fingerprint density at radius 3 is 2.31 bits per heavy atom. The van der Waals surface area contributed by atoms with Crippen molar-refractivity contribution in [3.8, 4) is 0 Å². The van der Waals surface area contributed by atoms with Crippen LogP contribution in [0, 0.1) is 12.7 Å². The summed E-state index contributed by atoms with van der Waals surface area (Å²) < 4.78 is 44.6. The van der Waals surface area contributed by atoms with Crippen molar-refractivity contribution in [2.75, 3.05) is 10.0 Å². The Labute approximate surface area is 148 Å². The smallest absolute Gasteiger partial charge is 0.261 e. The molecule has 1 aromatic heterocycles. The number of aryl methyl sites for hydroxylation is 1. The van der Waals surface area contributed by atoms with Gasteiger partial charge >= 0.3 is 0 Å². The van der Waals surface area contributed by atoms with E-state index in [1.165, 1.54) is 36.4 Å². The summed E-state index contributed by atoms with van der Waals surface area (Å²) in [7, 11) is -3.85. The minimum absolute atomic E-state index is 0.0675. The lowest BCUT2D eigenvalue weighted by Crippen LogP contribution is -2.14. The number of anilines is 2. The molecule has 7 nitrogen and oxygen atoms in total. The zero-order chi connectivity index (χ0) is 18.7. The molecule has 2 N–H and O–H groups in total. The fourth-order valence-electron chi connectivity index (χ4n) is 2.13. The summed E-state index contributed by atoms with van der Waals surface area (Å²) in [4.78, 5) is 12.0. The van der Waals surface area contributed by atoms with Gasteiger partial charge in [0.1, 0.15) is 11.6 Å². The first-order valence-electron chi connectivity index (χ1n) is 7.47. The third-order valence-corrected chi connectivity index (χ3v) is 4.79. The van der Waals surface area contributed by atoms with E-state index in [1.807, 2.05) is 0 Å². The second-order valence-corrected chi connectivity index (χ2v) is 7.10. The molecule has 0 aliphatic rings. The molecular formula is C17H14FN3O4S. The zero-order valence-electron chi connectivity index (χ0n) is 13.6. The van der Waals surface area contributed by atoms with Crippen molar-refractivity contribution in [3.63, 3.8) is 0 Å². The molecule has 1 amide bonds. The molecule has 134 valence electrons. The van der Waals surface area contributed by atoms with Crippen LogP contribution >= 0.6 is 0 Å². The molecule has 1 heterocycles. The van der Waals surface area contributed by atoms with E-state index in [4.69, 9.17) is 4.52 Å². The summed E-state index contributed by atoms with van der Waals surface area (Å²) in [6, 6.07) is 11.9. The third kappa shape index (κ3) is 4.06. The number of nitrogens with zero attached hydrogens (tertiary/aromatic N) is 1. The molecular weight excluding hydrogens is 361 g/mol. The number of amides is 1. The minimum Gasteiger partial charge on any atom is -0.360 e. The third-order valence-electron chi connectivity index (χ3n) is 3.39. The lowest BCUT2D eigenvalue weighted by molar-refractivity contribution is 0.102. The summed E-state index contributed by atoms with van der Waals surface area (Å²) in [5.41, 5.74) is 0.582. The maximum Gasteiger partial charge on any atom is 0.261 e. The fraction of sp³-hybridized carbons (Fsp3) is 0.0588. The minimum atomic E-state index is -3.85. The van der Waals surface area contributed by atoms with Gasteiger partial charge in [-0.2, -0.15) is 0 Å². The number of nitrogens with one attached hydrogen (secondary N) is 2. The normalized spacial score (nSPS) is 11.2. The molecule has 0 saturated carbocycles. The number of hydrogen-bond donors (Lipinski definition) is 2. The van der Waals surface area contributed by atoms with Gasteiger partial charge in [0.2, 0.25) is 0 Å². The molecule has 0 saturated heterocycles. The van der Waals surface area contributed by atoms with Gasteiger partial charge in [0.05, 0.1) is 4.90 Å². The highest BCUT2D eigenvalue weighted by molar-refractivity contribution is 7.92. The van der Waals surface area contributed by atoms with E-state index < -0.39 is 21.7 Å². The Morgan fingerprint density at radius 2 is 1.73 bits per heavy atom. The van der Waals surface area contributed by atoms with Crippen LogP contribution in [-0.4, -0.2) is 19.5 Å². The van der Waals surface area contributed by atoms with Gasteiger partial charge in [0.15, 0.2) is 5.82 Å². The van der Waals surface area contributed by atoms with Crippen LogP contribution in [0.15, 0.2) is 64.0 Å². The summed E-state index contributed by atoms with van der Waals surface area (Å²) in [6.45, 7) is 1.70. The van der Waals surface area contributed by atoms with E-state index >= 15 is 0 Å². The van der Waals surface area contributed by atoms with Crippen molar-refractivity contribution in [3.05, 3.63) is 71.7 Å². The molecule has 0 aliphatic carbocycles. The van der Waals surface area contributed by atoms with E-state index in [1.54, 1.807) is 13.0 Å². The van der Waals surface area contributed by atoms with Crippen LogP contribution in [0.2, 0.25) is 0 Å². The van der Waals surface area contributed by atoms with E-state index in [-0.39, 0.29) is 16.4 Å². The molecule has 3 rings (SSSR count). The van der Waals surface area contributed by atoms with Gasteiger partial charge in [0, 0.05) is 17.3 Å². The van der Waals surface area contributed by atoms with Gasteiger partial charge < -0.3 is 9.84 Å². The number of carbonyl (C=O) groups excluding carboxylic acids is 1. The Hall–Kier alpha value is -3.20. The highest BCUT2D eigenvalue weighted by Gasteiger charge is 2.15. The lowest BCUT2D eigenvalue weighted by Gasteiger charge is -2.09. The first-order chi connectivity index (χ1) is 12.3. The fourth-order valence-corrected chi connectivity index (χ4v) is 3.19. The second kappa shape index (κ2) is 6.96. The number of hydrogen-bond acceptors (Lipinski definition) is 5. The molecule has 9 heteroatoms. The number of benzene rings is 2. The molecule has 0 radical (unpaired) electrons. The number of sulfonamides is 1. The molecule has 0 bridgehead atoms. The van der Waals surface area contributed by atoms with Crippen molar-refractivity contribution in [1.29, 1.82) is 0 Å². The molecule has 2 aromatic carbocycles. The van der Waals surface area contributed by atoms with Gasteiger partial charge in [-0.05, 0) is 55.5 Å². The highest BCUT2D eigenvalue weighted by Crippen LogP contribution is 2.18. The van der Waals surface area contributed by atoms with Crippen LogP contribution in [0.5, 0.6) is 0 Å². The largest absolute Gasteiger partial charge is 0.360 e. The lowest BCUT2D eigenvalue weighted by atomic mass is 10.2. The molecule has 26 heavy (non-hydrogen) atoms. The maximum absolute atomic E-state index is 12.9. The van der Waals surface area contributed by atoms with Gasteiger partial charge in [-0.3, -0.25) is 9.52 Å². The van der Waals surface area contributed by atoms with Crippen molar-refractivity contribution < 1.29 is 22.1 Å². The van der Waals surface area contributed by atoms with Crippen LogP contribution in [0.1, 0.15) is 16.1 Å². The number of carbonyl (C=O) groups is 1. The van der Waals surface area contributed by atoms with Crippen LogP contribution in [0.25, 0.3) is 0 Å². The predicted octanol–water partition coefficient (Wildman–Crippen LogP) is 3.18. The Morgan fingerprint density at radius 1 is 1.08 bits per heavy atom. The molecule has 0 spiro atoms. The van der Waals surface area contributed by atoms with Crippen molar-refractivity contribution in [2.45, 2.75) is 11.8 Å². The van der Waals surface area contributed by atoms with Crippen LogP contribution in [-0.2, 0) is 10.0 Å².